The molecule has 0 bridgehead atoms. The van der Waals surface area contributed by atoms with E-state index in [-0.39, 0.29) is 0 Å². The minimum atomic E-state index is 0.720. The van der Waals surface area contributed by atoms with Crippen LogP contribution < -0.4 is 4.74 Å². The summed E-state index contributed by atoms with van der Waals surface area (Å²) in [4.78, 5) is 12.2. The number of nitrogens with zero attached hydrogens (tertiary/aromatic N) is 3. The normalized spacial score (nSPS) is 11.4. The molecule has 7 nitrogen and oxygen atoms in total. The Bertz CT molecular complexity index is 1530. The molecule has 0 aliphatic rings. The van der Waals surface area contributed by atoms with Crippen molar-refractivity contribution in [1.29, 1.82) is 0 Å². The molecule has 0 aliphatic heterocycles. The van der Waals surface area contributed by atoms with E-state index in [0.717, 1.165) is 61.5 Å². The van der Waals surface area contributed by atoms with Gasteiger partial charge in [0.25, 0.3) is 0 Å². The van der Waals surface area contributed by atoms with Gasteiger partial charge in [-0.15, -0.1) is 0 Å². The number of hydrogen-bond acceptors (Lipinski definition) is 5. The molecule has 5 heterocycles. The monoisotopic (exact) mass is 407 g/mol. The second-order valence-corrected chi connectivity index (χ2v) is 7.23. The standard InChI is InChI=1S/C24H17N5O2/c1-30-16-9-15(12-25-13-16)14-4-5-20-19(10-14)23(29-28-20)21-11-18-17(22-3-2-8-31-22)6-7-26-24(18)27-21/h2-13H,1H3,(H,26,27)(H,28,29). The van der Waals surface area contributed by atoms with Crippen LogP contribution in [0.15, 0.2) is 77.8 Å². The highest BCUT2D eigenvalue weighted by Gasteiger charge is 2.15. The Morgan fingerprint density at radius 1 is 0.968 bits per heavy atom. The second-order valence-electron chi connectivity index (χ2n) is 7.23. The lowest BCUT2D eigenvalue weighted by molar-refractivity contribution is 0.413. The number of furan rings is 1. The Morgan fingerprint density at radius 2 is 1.94 bits per heavy atom. The fourth-order valence-electron chi connectivity index (χ4n) is 3.89. The Morgan fingerprint density at radius 3 is 2.81 bits per heavy atom. The number of rotatable bonds is 4. The molecule has 7 heteroatoms. The first kappa shape index (κ1) is 17.5. The van der Waals surface area contributed by atoms with Crippen molar-refractivity contribution in [2.24, 2.45) is 0 Å². The van der Waals surface area contributed by atoms with Gasteiger partial charge in [-0.3, -0.25) is 10.1 Å². The zero-order valence-electron chi connectivity index (χ0n) is 16.6. The maximum atomic E-state index is 5.60. The van der Waals surface area contributed by atoms with Crippen molar-refractivity contribution in [1.82, 2.24) is 25.1 Å². The summed E-state index contributed by atoms with van der Waals surface area (Å²) in [5.74, 6) is 1.52. The molecule has 6 aromatic rings. The Balaban J connectivity index is 1.50. The van der Waals surface area contributed by atoms with Gasteiger partial charge in [-0.1, -0.05) is 6.07 Å². The van der Waals surface area contributed by atoms with Crippen molar-refractivity contribution >= 4 is 21.9 Å². The number of aromatic nitrogens is 5. The molecule has 0 aliphatic carbocycles. The third kappa shape index (κ3) is 2.86. The van der Waals surface area contributed by atoms with E-state index in [9.17, 15) is 0 Å². The van der Waals surface area contributed by atoms with Crippen molar-refractivity contribution in [2.45, 2.75) is 0 Å². The molecule has 0 unspecified atom stereocenters. The molecule has 5 aromatic heterocycles. The number of ether oxygens (including phenoxy) is 1. The van der Waals surface area contributed by atoms with Crippen LogP contribution in [0.25, 0.3) is 55.8 Å². The van der Waals surface area contributed by atoms with Crippen molar-refractivity contribution < 1.29 is 9.15 Å². The summed E-state index contributed by atoms with van der Waals surface area (Å²) in [6.07, 6.45) is 6.97. The molecular weight excluding hydrogens is 390 g/mol. The van der Waals surface area contributed by atoms with Crippen molar-refractivity contribution in [3.05, 3.63) is 73.4 Å². The number of hydrogen-bond donors (Lipinski definition) is 2. The quantitative estimate of drug-likeness (QED) is 0.406. The third-order valence-corrected chi connectivity index (χ3v) is 5.42. The predicted octanol–water partition coefficient (Wildman–Crippen LogP) is 5.44. The van der Waals surface area contributed by atoms with Gasteiger partial charge in [-0.2, -0.15) is 5.10 Å². The predicted molar refractivity (Wildman–Crippen MR) is 119 cm³/mol. The molecule has 0 saturated carbocycles. The maximum absolute atomic E-state index is 5.60. The SMILES string of the molecule is COc1cncc(-c2ccc3[nH]nc(-c4cc5c(-c6ccco6)ccnc5[nH]4)c3c2)c1. The Kier molecular flexibility index (Phi) is 3.86. The third-order valence-electron chi connectivity index (χ3n) is 5.42. The lowest BCUT2D eigenvalue weighted by atomic mass is 10.0. The largest absolute Gasteiger partial charge is 0.495 e. The van der Waals surface area contributed by atoms with Gasteiger partial charge < -0.3 is 14.1 Å². The number of H-pyrrole nitrogens is 2. The zero-order chi connectivity index (χ0) is 20.8. The van der Waals surface area contributed by atoms with Crippen molar-refractivity contribution in [2.75, 3.05) is 7.11 Å². The highest BCUT2D eigenvalue weighted by atomic mass is 16.5. The molecule has 0 amide bonds. The second kappa shape index (κ2) is 6.84. The van der Waals surface area contributed by atoms with E-state index in [1.807, 2.05) is 42.6 Å². The molecular formula is C24H17N5O2. The lowest BCUT2D eigenvalue weighted by Gasteiger charge is -2.04. The van der Waals surface area contributed by atoms with Crippen LogP contribution in [0.2, 0.25) is 0 Å². The van der Waals surface area contributed by atoms with Crippen LogP contribution in [-0.4, -0.2) is 32.3 Å². The molecule has 2 N–H and O–H groups in total. The molecule has 1 aromatic carbocycles. The number of aromatic amines is 2. The Hall–Kier alpha value is -4.39. The summed E-state index contributed by atoms with van der Waals surface area (Å²) < 4.78 is 10.9. The number of nitrogens with one attached hydrogen (secondary N) is 2. The molecule has 0 spiro atoms. The fraction of sp³-hybridized carbons (Fsp3) is 0.0417. The summed E-state index contributed by atoms with van der Waals surface area (Å²) in [5.41, 5.74) is 6.45. The minimum absolute atomic E-state index is 0.720. The molecule has 150 valence electrons. The van der Waals surface area contributed by atoms with Crippen LogP contribution in [0.1, 0.15) is 0 Å². The zero-order valence-corrected chi connectivity index (χ0v) is 16.6. The summed E-state index contributed by atoms with van der Waals surface area (Å²) in [7, 11) is 1.64. The van der Waals surface area contributed by atoms with Crippen LogP contribution in [-0.2, 0) is 0 Å². The average molecular weight is 407 g/mol. The van der Waals surface area contributed by atoms with E-state index in [4.69, 9.17) is 9.15 Å². The number of pyridine rings is 2. The smallest absolute Gasteiger partial charge is 0.138 e. The summed E-state index contributed by atoms with van der Waals surface area (Å²) in [6.45, 7) is 0. The van der Waals surface area contributed by atoms with Crippen LogP contribution in [0.5, 0.6) is 5.75 Å². The summed E-state index contributed by atoms with van der Waals surface area (Å²) in [6, 6.07) is 16.0. The molecule has 0 fully saturated rings. The average Bonchev–Trinajstić information content (AvgIpc) is 3.57. The van der Waals surface area contributed by atoms with Gasteiger partial charge in [-0.25, -0.2) is 4.98 Å². The fourth-order valence-corrected chi connectivity index (χ4v) is 3.89. The molecule has 0 radical (unpaired) electrons. The van der Waals surface area contributed by atoms with Gasteiger partial charge in [0.05, 0.1) is 30.8 Å². The van der Waals surface area contributed by atoms with Crippen LogP contribution in [0, 0.1) is 0 Å². The van der Waals surface area contributed by atoms with E-state index >= 15 is 0 Å². The highest BCUT2D eigenvalue weighted by Crippen LogP contribution is 2.34. The first-order valence-electron chi connectivity index (χ1n) is 9.80. The van der Waals surface area contributed by atoms with Gasteiger partial charge in [-0.05, 0) is 48.0 Å². The van der Waals surface area contributed by atoms with Crippen molar-refractivity contribution in [3.8, 4) is 39.6 Å². The summed E-state index contributed by atoms with van der Waals surface area (Å²) >= 11 is 0. The molecule has 0 atom stereocenters. The van der Waals surface area contributed by atoms with Gasteiger partial charge >= 0.3 is 0 Å². The lowest BCUT2D eigenvalue weighted by Crippen LogP contribution is -1.86. The van der Waals surface area contributed by atoms with E-state index in [2.05, 4.69) is 37.3 Å². The maximum Gasteiger partial charge on any atom is 0.138 e. The van der Waals surface area contributed by atoms with Crippen LogP contribution in [0.3, 0.4) is 0 Å². The van der Waals surface area contributed by atoms with Gasteiger partial charge in [0, 0.05) is 34.3 Å². The first-order chi connectivity index (χ1) is 15.3. The molecule has 0 saturated heterocycles. The van der Waals surface area contributed by atoms with E-state index in [0.29, 0.717) is 0 Å². The molecule has 6 rings (SSSR count). The van der Waals surface area contributed by atoms with Crippen LogP contribution in [0.4, 0.5) is 0 Å². The van der Waals surface area contributed by atoms with Crippen molar-refractivity contribution in [3.63, 3.8) is 0 Å². The first-order valence-corrected chi connectivity index (χ1v) is 9.80. The number of benzene rings is 1. The number of methoxy groups -OCH3 is 1. The highest BCUT2D eigenvalue weighted by molar-refractivity contribution is 6.00. The van der Waals surface area contributed by atoms with E-state index in [1.54, 1.807) is 25.8 Å². The van der Waals surface area contributed by atoms with E-state index in [1.165, 1.54) is 0 Å². The van der Waals surface area contributed by atoms with Gasteiger partial charge in [0.15, 0.2) is 0 Å². The Labute approximate surface area is 176 Å². The van der Waals surface area contributed by atoms with E-state index < -0.39 is 0 Å². The van der Waals surface area contributed by atoms with Gasteiger partial charge in [0.1, 0.15) is 22.9 Å². The van der Waals surface area contributed by atoms with Gasteiger partial charge in [0.2, 0.25) is 0 Å². The molecule has 31 heavy (non-hydrogen) atoms. The number of fused-ring (bicyclic) bond motifs is 2. The minimum Gasteiger partial charge on any atom is -0.495 e. The topological polar surface area (TPSA) is 92.6 Å². The summed E-state index contributed by atoms with van der Waals surface area (Å²) in [5, 5.41) is 9.69. The van der Waals surface area contributed by atoms with Crippen LogP contribution >= 0.6 is 0 Å².